The van der Waals surface area contributed by atoms with E-state index in [0.29, 0.717) is 17.3 Å². The Morgan fingerprint density at radius 1 is 1.40 bits per heavy atom. The number of aliphatic hydroxyl groups is 1. The molecule has 0 aliphatic heterocycles. The highest BCUT2D eigenvalue weighted by Crippen LogP contribution is 2.57. The van der Waals surface area contributed by atoms with Crippen molar-refractivity contribution in [2.24, 2.45) is 5.41 Å². The fraction of sp³-hybridized carbons (Fsp3) is 0.818. The molecule has 2 saturated carbocycles. The van der Waals surface area contributed by atoms with E-state index in [-0.39, 0.29) is 6.10 Å². The molecule has 2 aliphatic rings. The van der Waals surface area contributed by atoms with Gasteiger partial charge in [-0.2, -0.15) is 4.98 Å². The topological polar surface area (TPSA) is 59.2 Å². The van der Waals surface area contributed by atoms with Gasteiger partial charge in [0.05, 0.1) is 6.10 Å². The molecule has 2 aliphatic carbocycles. The van der Waals surface area contributed by atoms with Gasteiger partial charge in [-0.05, 0) is 24.7 Å². The Kier molecular flexibility index (Phi) is 1.75. The van der Waals surface area contributed by atoms with Crippen molar-refractivity contribution < 1.29 is 9.63 Å². The molecule has 15 heavy (non-hydrogen) atoms. The number of aromatic nitrogens is 2. The Labute approximate surface area is 88.7 Å². The maximum Gasteiger partial charge on any atom is 0.229 e. The van der Waals surface area contributed by atoms with Crippen LogP contribution in [-0.2, 0) is 0 Å². The van der Waals surface area contributed by atoms with E-state index in [2.05, 4.69) is 24.0 Å². The minimum atomic E-state index is -0.164. The molecule has 3 rings (SSSR count). The Bertz CT molecular complexity index is 380. The Morgan fingerprint density at radius 3 is 2.60 bits per heavy atom. The molecular weight excluding hydrogens is 192 g/mol. The standard InChI is InChI=1S/C11H16N2O2/c1-11(2)5-8(11)9-12-10(15-13-9)6-3-7(14)4-6/h6-8,14H,3-5H2,1-2H3. The number of aliphatic hydroxyl groups excluding tert-OH is 1. The third-order valence-corrected chi connectivity index (χ3v) is 3.74. The van der Waals surface area contributed by atoms with Gasteiger partial charge in [0, 0.05) is 11.8 Å². The molecule has 4 nitrogen and oxygen atoms in total. The summed E-state index contributed by atoms with van der Waals surface area (Å²) in [5.41, 5.74) is 0.347. The van der Waals surface area contributed by atoms with Crippen LogP contribution in [0.3, 0.4) is 0 Å². The lowest BCUT2D eigenvalue weighted by Crippen LogP contribution is -2.26. The number of hydrogen-bond donors (Lipinski definition) is 1. The zero-order valence-corrected chi connectivity index (χ0v) is 9.10. The van der Waals surface area contributed by atoms with Crippen molar-refractivity contribution in [2.75, 3.05) is 0 Å². The minimum absolute atomic E-state index is 0.164. The quantitative estimate of drug-likeness (QED) is 0.805. The molecule has 1 atom stereocenters. The predicted molar refractivity (Wildman–Crippen MR) is 53.4 cm³/mol. The van der Waals surface area contributed by atoms with E-state index in [1.54, 1.807) is 0 Å². The molecule has 2 fully saturated rings. The van der Waals surface area contributed by atoms with Crippen LogP contribution >= 0.6 is 0 Å². The predicted octanol–water partition coefficient (Wildman–Crippen LogP) is 1.82. The van der Waals surface area contributed by atoms with Crippen LogP contribution in [0.4, 0.5) is 0 Å². The Morgan fingerprint density at radius 2 is 2.07 bits per heavy atom. The van der Waals surface area contributed by atoms with Crippen molar-refractivity contribution in [3.8, 4) is 0 Å². The summed E-state index contributed by atoms with van der Waals surface area (Å²) in [6.07, 6.45) is 2.53. The Hall–Kier alpha value is -0.900. The van der Waals surface area contributed by atoms with Crippen molar-refractivity contribution in [2.45, 2.75) is 51.0 Å². The van der Waals surface area contributed by atoms with E-state index in [9.17, 15) is 5.11 Å². The SMILES string of the molecule is CC1(C)CC1c1noc(C2CC(O)C2)n1. The first-order chi connectivity index (χ1) is 7.06. The largest absolute Gasteiger partial charge is 0.393 e. The van der Waals surface area contributed by atoms with Gasteiger partial charge >= 0.3 is 0 Å². The van der Waals surface area contributed by atoms with Crippen LogP contribution in [0, 0.1) is 5.41 Å². The molecule has 0 amide bonds. The van der Waals surface area contributed by atoms with E-state index in [0.717, 1.165) is 31.0 Å². The first-order valence-electron chi connectivity index (χ1n) is 5.58. The van der Waals surface area contributed by atoms with E-state index in [4.69, 9.17) is 4.52 Å². The first-order valence-corrected chi connectivity index (χ1v) is 5.58. The van der Waals surface area contributed by atoms with Gasteiger partial charge in [-0.25, -0.2) is 0 Å². The highest BCUT2D eigenvalue weighted by molar-refractivity contribution is 5.15. The van der Waals surface area contributed by atoms with Crippen LogP contribution < -0.4 is 0 Å². The summed E-state index contributed by atoms with van der Waals surface area (Å²) < 4.78 is 5.24. The Balaban J connectivity index is 1.72. The van der Waals surface area contributed by atoms with Gasteiger partial charge in [0.1, 0.15) is 0 Å². The molecule has 4 heteroatoms. The molecule has 1 aromatic heterocycles. The summed E-state index contributed by atoms with van der Waals surface area (Å²) >= 11 is 0. The summed E-state index contributed by atoms with van der Waals surface area (Å²) in [6, 6.07) is 0. The molecule has 1 aromatic rings. The second-order valence-electron chi connectivity index (χ2n) is 5.56. The fourth-order valence-electron chi connectivity index (χ4n) is 2.25. The number of hydrogen-bond acceptors (Lipinski definition) is 4. The van der Waals surface area contributed by atoms with Gasteiger partial charge in [-0.15, -0.1) is 0 Å². The van der Waals surface area contributed by atoms with Crippen LogP contribution in [-0.4, -0.2) is 21.4 Å². The lowest BCUT2D eigenvalue weighted by Gasteiger charge is -2.27. The molecule has 0 spiro atoms. The summed E-state index contributed by atoms with van der Waals surface area (Å²) in [5, 5.41) is 13.2. The molecular formula is C11H16N2O2. The van der Waals surface area contributed by atoms with Crippen LogP contribution in [0.15, 0.2) is 4.52 Å². The van der Waals surface area contributed by atoms with Crippen molar-refractivity contribution >= 4 is 0 Å². The first kappa shape index (κ1) is 9.33. The molecule has 82 valence electrons. The molecule has 0 saturated heterocycles. The van der Waals surface area contributed by atoms with Crippen molar-refractivity contribution in [3.05, 3.63) is 11.7 Å². The van der Waals surface area contributed by atoms with Crippen LogP contribution in [0.25, 0.3) is 0 Å². The van der Waals surface area contributed by atoms with Gasteiger partial charge < -0.3 is 9.63 Å². The van der Waals surface area contributed by atoms with Gasteiger partial charge in [0.15, 0.2) is 5.82 Å². The molecule has 1 N–H and O–H groups in total. The number of nitrogens with zero attached hydrogens (tertiary/aromatic N) is 2. The van der Waals surface area contributed by atoms with E-state index < -0.39 is 0 Å². The van der Waals surface area contributed by atoms with Crippen LogP contribution in [0.5, 0.6) is 0 Å². The maximum atomic E-state index is 9.20. The summed E-state index contributed by atoms with van der Waals surface area (Å²) in [4.78, 5) is 4.44. The fourth-order valence-corrected chi connectivity index (χ4v) is 2.25. The van der Waals surface area contributed by atoms with Crippen molar-refractivity contribution in [1.82, 2.24) is 10.1 Å². The van der Waals surface area contributed by atoms with Gasteiger partial charge in [0.25, 0.3) is 0 Å². The molecule has 1 heterocycles. The summed E-state index contributed by atoms with van der Waals surface area (Å²) in [6.45, 7) is 4.45. The van der Waals surface area contributed by atoms with E-state index in [1.165, 1.54) is 0 Å². The lowest BCUT2D eigenvalue weighted by molar-refractivity contribution is 0.0625. The second-order valence-corrected chi connectivity index (χ2v) is 5.56. The second kappa shape index (κ2) is 2.82. The van der Waals surface area contributed by atoms with Crippen molar-refractivity contribution in [3.63, 3.8) is 0 Å². The van der Waals surface area contributed by atoms with Gasteiger partial charge in [0.2, 0.25) is 5.89 Å². The highest BCUT2D eigenvalue weighted by atomic mass is 16.5. The molecule has 0 radical (unpaired) electrons. The summed E-state index contributed by atoms with van der Waals surface area (Å²) in [7, 11) is 0. The van der Waals surface area contributed by atoms with Crippen molar-refractivity contribution in [1.29, 1.82) is 0 Å². The lowest BCUT2D eigenvalue weighted by atomic mass is 9.82. The summed E-state index contributed by atoms with van der Waals surface area (Å²) in [5.74, 6) is 2.34. The monoisotopic (exact) mass is 208 g/mol. The van der Waals surface area contributed by atoms with Crippen LogP contribution in [0.1, 0.15) is 56.7 Å². The average molecular weight is 208 g/mol. The average Bonchev–Trinajstić information content (AvgIpc) is 2.61. The molecule has 1 unspecified atom stereocenters. The smallest absolute Gasteiger partial charge is 0.229 e. The number of rotatable bonds is 2. The van der Waals surface area contributed by atoms with E-state index in [1.807, 2.05) is 0 Å². The molecule has 0 aromatic carbocycles. The zero-order valence-electron chi connectivity index (χ0n) is 9.10. The normalized spacial score (nSPS) is 37.4. The minimum Gasteiger partial charge on any atom is -0.393 e. The zero-order chi connectivity index (χ0) is 10.6. The third-order valence-electron chi connectivity index (χ3n) is 3.74. The van der Waals surface area contributed by atoms with E-state index >= 15 is 0 Å². The van der Waals surface area contributed by atoms with Gasteiger partial charge in [-0.1, -0.05) is 19.0 Å². The molecule has 0 bridgehead atoms. The van der Waals surface area contributed by atoms with Crippen LogP contribution in [0.2, 0.25) is 0 Å². The third kappa shape index (κ3) is 1.47. The highest BCUT2D eigenvalue weighted by Gasteiger charge is 2.50. The maximum absolute atomic E-state index is 9.20. The van der Waals surface area contributed by atoms with Gasteiger partial charge in [-0.3, -0.25) is 0 Å².